The highest BCUT2D eigenvalue weighted by Gasteiger charge is 1.97. The number of nitrogens with zero attached hydrogens (tertiary/aromatic N) is 1. The van der Waals surface area contributed by atoms with Gasteiger partial charge in [-0.3, -0.25) is 5.43 Å². The second-order valence-corrected chi connectivity index (χ2v) is 5.18. The minimum atomic E-state index is 0.393. The molecule has 0 radical (unpaired) electrons. The van der Waals surface area contributed by atoms with Crippen molar-refractivity contribution >= 4 is 40.8 Å². The van der Waals surface area contributed by atoms with E-state index in [0.717, 1.165) is 17.0 Å². The fourth-order valence-electron chi connectivity index (χ4n) is 1.71. The topological polar surface area (TPSA) is 45.6 Å². The van der Waals surface area contributed by atoms with Crippen LogP contribution in [0.2, 0.25) is 5.02 Å². The Morgan fingerprint density at radius 3 is 2.73 bits per heavy atom. The van der Waals surface area contributed by atoms with Gasteiger partial charge in [0.2, 0.25) is 0 Å². The van der Waals surface area contributed by atoms with Gasteiger partial charge >= 0.3 is 0 Å². The number of benzene rings is 2. The summed E-state index contributed by atoms with van der Waals surface area (Å²) >= 11 is 11.1. The Kier molecular flexibility index (Phi) is 6.18. The third-order valence-electron chi connectivity index (χ3n) is 2.65. The Morgan fingerprint density at radius 2 is 2.05 bits per heavy atom. The zero-order valence-electron chi connectivity index (χ0n) is 12.0. The van der Waals surface area contributed by atoms with E-state index in [9.17, 15) is 0 Å². The predicted octanol–water partition coefficient (Wildman–Crippen LogP) is 4.06. The van der Waals surface area contributed by atoms with E-state index in [1.165, 1.54) is 0 Å². The number of thiocarbonyl (C=S) groups is 1. The lowest BCUT2D eigenvalue weighted by molar-refractivity contribution is 0.340. The number of anilines is 1. The summed E-state index contributed by atoms with van der Waals surface area (Å²) in [6, 6.07) is 14.9. The highest BCUT2D eigenvalue weighted by Crippen LogP contribution is 2.14. The molecule has 2 N–H and O–H groups in total. The van der Waals surface area contributed by atoms with Crippen molar-refractivity contribution in [2.45, 2.75) is 6.92 Å². The average Bonchev–Trinajstić information content (AvgIpc) is 2.49. The molecule has 0 spiro atoms. The molecule has 0 aliphatic carbocycles. The summed E-state index contributed by atoms with van der Waals surface area (Å²) in [5, 5.41) is 8.12. The molecule has 0 aliphatic heterocycles. The normalized spacial score (nSPS) is 10.5. The van der Waals surface area contributed by atoms with Gasteiger partial charge in [-0.1, -0.05) is 17.7 Å². The Balaban J connectivity index is 1.85. The van der Waals surface area contributed by atoms with Gasteiger partial charge in [0.15, 0.2) is 5.11 Å². The van der Waals surface area contributed by atoms with E-state index in [2.05, 4.69) is 15.8 Å². The molecule has 22 heavy (non-hydrogen) atoms. The van der Waals surface area contributed by atoms with Crippen LogP contribution in [0.4, 0.5) is 5.69 Å². The minimum Gasteiger partial charge on any atom is -0.494 e. The monoisotopic (exact) mass is 333 g/mol. The van der Waals surface area contributed by atoms with E-state index in [0.29, 0.717) is 16.7 Å². The van der Waals surface area contributed by atoms with E-state index < -0.39 is 0 Å². The van der Waals surface area contributed by atoms with Gasteiger partial charge in [0.05, 0.1) is 12.8 Å². The van der Waals surface area contributed by atoms with Crippen LogP contribution in [0.5, 0.6) is 5.75 Å². The van der Waals surface area contributed by atoms with Gasteiger partial charge in [0.1, 0.15) is 5.75 Å². The van der Waals surface area contributed by atoms with Crippen LogP contribution in [0.1, 0.15) is 12.5 Å². The molecule has 114 valence electrons. The number of hydrogen-bond acceptors (Lipinski definition) is 3. The Bertz CT molecular complexity index is 659. The highest BCUT2D eigenvalue weighted by atomic mass is 35.5. The molecule has 0 atom stereocenters. The van der Waals surface area contributed by atoms with E-state index in [-0.39, 0.29) is 0 Å². The first-order valence-electron chi connectivity index (χ1n) is 6.76. The minimum absolute atomic E-state index is 0.393. The van der Waals surface area contributed by atoms with Gasteiger partial charge in [0.25, 0.3) is 0 Å². The second-order valence-electron chi connectivity index (χ2n) is 4.34. The largest absolute Gasteiger partial charge is 0.494 e. The molecular formula is C16H16ClN3OS. The number of hydrazone groups is 1. The van der Waals surface area contributed by atoms with E-state index in [1.54, 1.807) is 18.3 Å². The summed E-state index contributed by atoms with van der Waals surface area (Å²) in [5.41, 5.74) is 4.51. The van der Waals surface area contributed by atoms with Crippen molar-refractivity contribution in [2.24, 2.45) is 5.10 Å². The van der Waals surface area contributed by atoms with Crippen molar-refractivity contribution in [2.75, 3.05) is 11.9 Å². The first-order chi connectivity index (χ1) is 10.7. The van der Waals surface area contributed by atoms with Gasteiger partial charge in [-0.15, -0.1) is 0 Å². The highest BCUT2D eigenvalue weighted by molar-refractivity contribution is 7.80. The van der Waals surface area contributed by atoms with E-state index >= 15 is 0 Å². The number of halogens is 1. The molecule has 2 rings (SSSR count). The van der Waals surface area contributed by atoms with Crippen LogP contribution >= 0.6 is 23.8 Å². The molecule has 0 fully saturated rings. The maximum Gasteiger partial charge on any atom is 0.191 e. The molecule has 0 aromatic heterocycles. The summed E-state index contributed by atoms with van der Waals surface area (Å²) in [5.74, 6) is 0.839. The molecule has 2 aromatic rings. The lowest BCUT2D eigenvalue weighted by Gasteiger charge is -2.07. The number of ether oxygens (including phenoxy) is 1. The molecule has 0 saturated carbocycles. The van der Waals surface area contributed by atoms with Crippen molar-refractivity contribution in [1.82, 2.24) is 5.43 Å². The summed E-state index contributed by atoms with van der Waals surface area (Å²) < 4.78 is 5.38. The van der Waals surface area contributed by atoms with Crippen molar-refractivity contribution in [1.29, 1.82) is 0 Å². The molecule has 0 unspecified atom stereocenters. The van der Waals surface area contributed by atoms with Gasteiger partial charge in [-0.2, -0.15) is 5.10 Å². The van der Waals surface area contributed by atoms with Crippen molar-refractivity contribution in [3.05, 3.63) is 59.1 Å². The van der Waals surface area contributed by atoms with Crippen LogP contribution in [0, 0.1) is 0 Å². The van der Waals surface area contributed by atoms with Crippen LogP contribution in [-0.4, -0.2) is 17.9 Å². The van der Waals surface area contributed by atoms with Gasteiger partial charge < -0.3 is 10.1 Å². The fourth-order valence-corrected chi connectivity index (χ4v) is 2.07. The lowest BCUT2D eigenvalue weighted by atomic mass is 10.2. The zero-order valence-corrected chi connectivity index (χ0v) is 13.6. The van der Waals surface area contributed by atoms with Crippen LogP contribution in [0.15, 0.2) is 53.6 Å². The number of nitrogens with one attached hydrogen (secondary N) is 2. The van der Waals surface area contributed by atoms with Gasteiger partial charge in [-0.05, 0) is 67.2 Å². The van der Waals surface area contributed by atoms with Crippen LogP contribution in [0.25, 0.3) is 0 Å². The molecular weight excluding hydrogens is 318 g/mol. The zero-order chi connectivity index (χ0) is 15.8. The smallest absolute Gasteiger partial charge is 0.191 e. The van der Waals surface area contributed by atoms with Crippen molar-refractivity contribution < 1.29 is 4.74 Å². The Labute approximate surface area is 140 Å². The lowest BCUT2D eigenvalue weighted by Crippen LogP contribution is -2.23. The van der Waals surface area contributed by atoms with Gasteiger partial charge in [-0.25, -0.2) is 0 Å². The van der Waals surface area contributed by atoms with Crippen LogP contribution in [0.3, 0.4) is 0 Å². The number of rotatable bonds is 5. The summed E-state index contributed by atoms with van der Waals surface area (Å²) in [6.45, 7) is 2.60. The Morgan fingerprint density at radius 1 is 1.27 bits per heavy atom. The summed E-state index contributed by atoms with van der Waals surface area (Å²) in [6.07, 6.45) is 1.68. The quantitative estimate of drug-likeness (QED) is 0.492. The van der Waals surface area contributed by atoms with Gasteiger partial charge in [0, 0.05) is 10.7 Å². The van der Waals surface area contributed by atoms with E-state index in [1.807, 2.05) is 43.3 Å². The Hall–Kier alpha value is -2.11. The van der Waals surface area contributed by atoms with Crippen molar-refractivity contribution in [3.63, 3.8) is 0 Å². The van der Waals surface area contributed by atoms with Crippen molar-refractivity contribution in [3.8, 4) is 5.75 Å². The maximum absolute atomic E-state index is 5.90. The summed E-state index contributed by atoms with van der Waals surface area (Å²) in [4.78, 5) is 0. The predicted molar refractivity (Wildman–Crippen MR) is 96.0 cm³/mol. The molecule has 0 amide bonds. The molecule has 0 bridgehead atoms. The van der Waals surface area contributed by atoms with Crippen LogP contribution in [-0.2, 0) is 0 Å². The third-order valence-corrected chi connectivity index (χ3v) is 3.08. The van der Waals surface area contributed by atoms with E-state index in [4.69, 9.17) is 28.6 Å². The molecule has 0 heterocycles. The average molecular weight is 334 g/mol. The molecule has 4 nitrogen and oxygen atoms in total. The molecule has 0 saturated heterocycles. The maximum atomic E-state index is 5.90. The second kappa shape index (κ2) is 8.36. The standard InChI is InChI=1S/C16H16ClN3OS/c1-2-21-15-8-6-12(7-9-15)11-18-20-16(22)19-14-5-3-4-13(17)10-14/h3-11H,2H2,1H3,(H2,19,20,22). The number of hydrogen-bond donors (Lipinski definition) is 2. The van der Waals surface area contributed by atoms with Crippen LogP contribution < -0.4 is 15.5 Å². The first kappa shape index (κ1) is 16.3. The third kappa shape index (κ3) is 5.35. The first-order valence-corrected chi connectivity index (χ1v) is 7.54. The fraction of sp³-hybridized carbons (Fsp3) is 0.125. The molecule has 0 aliphatic rings. The summed E-state index contributed by atoms with van der Waals surface area (Å²) in [7, 11) is 0. The SMILES string of the molecule is CCOc1ccc(C=NNC(=S)Nc2cccc(Cl)c2)cc1. The molecule has 2 aromatic carbocycles. The molecule has 6 heteroatoms.